The van der Waals surface area contributed by atoms with Gasteiger partial charge in [-0.15, -0.1) is 0 Å². The van der Waals surface area contributed by atoms with Gasteiger partial charge in [-0.25, -0.2) is 0 Å². The van der Waals surface area contributed by atoms with Crippen LogP contribution in [-0.2, 0) is 14.9 Å². The number of nitrogens with one attached hydrogen (secondary N) is 1. The fourth-order valence-electron chi connectivity index (χ4n) is 2.31. The van der Waals surface area contributed by atoms with Crippen molar-refractivity contribution in [2.45, 2.75) is 25.9 Å². The average molecular weight is 293 g/mol. The maximum absolute atomic E-state index is 12.4. The van der Waals surface area contributed by atoms with E-state index in [-0.39, 0.29) is 6.10 Å². The van der Waals surface area contributed by atoms with E-state index in [9.17, 15) is 8.42 Å². The molecule has 1 aliphatic rings. The summed E-state index contributed by atoms with van der Waals surface area (Å²) in [6.07, 6.45) is 1.65. The Morgan fingerprint density at radius 3 is 2.74 bits per heavy atom. The Morgan fingerprint density at radius 2 is 2.16 bits per heavy atom. The summed E-state index contributed by atoms with van der Waals surface area (Å²) < 4.78 is 33.2. The Hall–Kier alpha value is -0.210. The van der Waals surface area contributed by atoms with Gasteiger partial charge in [0.05, 0.1) is 6.10 Å². The van der Waals surface area contributed by atoms with Crippen molar-refractivity contribution in [1.82, 2.24) is 13.9 Å². The quantitative estimate of drug-likeness (QED) is 0.678. The summed E-state index contributed by atoms with van der Waals surface area (Å²) in [7, 11) is 1.81. The Bertz CT molecular complexity index is 361. The summed E-state index contributed by atoms with van der Waals surface area (Å²) in [5.74, 6) is 0.408. The van der Waals surface area contributed by atoms with Crippen LogP contribution in [-0.4, -0.2) is 70.5 Å². The lowest BCUT2D eigenvalue weighted by Crippen LogP contribution is -2.51. The highest BCUT2D eigenvalue weighted by molar-refractivity contribution is 7.86. The van der Waals surface area contributed by atoms with Crippen LogP contribution >= 0.6 is 0 Å². The molecule has 1 saturated heterocycles. The maximum Gasteiger partial charge on any atom is 0.281 e. The molecular weight excluding hydrogens is 266 g/mol. The van der Waals surface area contributed by atoms with Crippen LogP contribution in [0.4, 0.5) is 0 Å². The summed E-state index contributed by atoms with van der Waals surface area (Å²) in [6, 6.07) is 0. The molecule has 0 aromatic carbocycles. The molecule has 0 radical (unpaired) electrons. The molecule has 0 amide bonds. The number of rotatable bonds is 7. The SMILES string of the molecule is CNCCCN(C)S(=O)(=O)N1CCC(C)C(OC)C1. The Labute approximate surface area is 117 Å². The molecule has 2 atom stereocenters. The zero-order valence-corrected chi connectivity index (χ0v) is 13.2. The first-order valence-corrected chi connectivity index (χ1v) is 8.22. The molecule has 6 nitrogen and oxygen atoms in total. The lowest BCUT2D eigenvalue weighted by Gasteiger charge is -2.37. The van der Waals surface area contributed by atoms with Crippen LogP contribution in [0.2, 0.25) is 0 Å². The molecule has 0 bridgehead atoms. The highest BCUT2D eigenvalue weighted by Crippen LogP contribution is 2.22. The van der Waals surface area contributed by atoms with Gasteiger partial charge in [0.1, 0.15) is 0 Å². The van der Waals surface area contributed by atoms with Crippen LogP contribution in [0, 0.1) is 5.92 Å². The second kappa shape index (κ2) is 7.54. The van der Waals surface area contributed by atoms with Crippen molar-refractivity contribution >= 4 is 10.2 Å². The predicted molar refractivity (Wildman–Crippen MR) is 76.2 cm³/mol. The van der Waals surface area contributed by atoms with E-state index in [1.807, 2.05) is 7.05 Å². The highest BCUT2D eigenvalue weighted by Gasteiger charge is 2.34. The van der Waals surface area contributed by atoms with Gasteiger partial charge in [0.15, 0.2) is 0 Å². The molecule has 1 aliphatic heterocycles. The van der Waals surface area contributed by atoms with Crippen molar-refractivity contribution in [1.29, 1.82) is 0 Å². The second-order valence-electron chi connectivity index (χ2n) is 5.18. The highest BCUT2D eigenvalue weighted by atomic mass is 32.2. The summed E-state index contributed by atoms with van der Waals surface area (Å²) in [5, 5.41) is 3.02. The molecule has 2 unspecified atom stereocenters. The number of hydrogen-bond donors (Lipinski definition) is 1. The standard InChI is InChI=1S/C12H27N3O3S/c1-11-6-9-15(10-12(11)18-4)19(16,17)14(3)8-5-7-13-2/h11-13H,5-10H2,1-4H3. The lowest BCUT2D eigenvalue weighted by molar-refractivity contribution is 0.0170. The zero-order valence-electron chi connectivity index (χ0n) is 12.4. The van der Waals surface area contributed by atoms with Crippen molar-refractivity contribution in [3.05, 3.63) is 0 Å². The van der Waals surface area contributed by atoms with Gasteiger partial charge in [0.2, 0.25) is 0 Å². The average Bonchev–Trinajstić information content (AvgIpc) is 2.39. The van der Waals surface area contributed by atoms with Crippen LogP contribution in [0.5, 0.6) is 0 Å². The van der Waals surface area contributed by atoms with Crippen molar-refractivity contribution < 1.29 is 13.2 Å². The molecule has 19 heavy (non-hydrogen) atoms. The van der Waals surface area contributed by atoms with Gasteiger partial charge in [-0.2, -0.15) is 17.0 Å². The minimum atomic E-state index is -3.35. The third-order valence-corrected chi connectivity index (χ3v) is 5.73. The van der Waals surface area contributed by atoms with Gasteiger partial charge >= 0.3 is 0 Å². The molecule has 1 N–H and O–H groups in total. The van der Waals surface area contributed by atoms with Gasteiger partial charge in [0, 0.05) is 33.8 Å². The molecule has 0 aliphatic carbocycles. The minimum absolute atomic E-state index is 0.00534. The summed E-state index contributed by atoms with van der Waals surface area (Å²) in [4.78, 5) is 0. The normalized spacial score (nSPS) is 25.9. The van der Waals surface area contributed by atoms with Gasteiger partial charge in [-0.1, -0.05) is 6.92 Å². The van der Waals surface area contributed by atoms with Crippen LogP contribution < -0.4 is 5.32 Å². The molecule has 7 heteroatoms. The fraction of sp³-hybridized carbons (Fsp3) is 1.00. The van der Waals surface area contributed by atoms with Gasteiger partial charge in [-0.05, 0) is 32.4 Å². The first-order chi connectivity index (χ1) is 8.93. The van der Waals surface area contributed by atoms with E-state index in [4.69, 9.17) is 4.74 Å². The predicted octanol–water partition coefficient (Wildman–Crippen LogP) is 0.129. The number of nitrogens with zero attached hydrogens (tertiary/aromatic N) is 2. The smallest absolute Gasteiger partial charge is 0.281 e. The first-order valence-electron chi connectivity index (χ1n) is 6.82. The van der Waals surface area contributed by atoms with Crippen LogP contribution in [0.3, 0.4) is 0 Å². The van der Waals surface area contributed by atoms with E-state index < -0.39 is 10.2 Å². The molecule has 0 aromatic rings. The van der Waals surface area contributed by atoms with Gasteiger partial charge < -0.3 is 10.1 Å². The molecule has 0 spiro atoms. The maximum atomic E-state index is 12.4. The van der Waals surface area contributed by atoms with E-state index in [0.29, 0.717) is 25.6 Å². The third-order valence-electron chi connectivity index (χ3n) is 3.77. The number of hydrogen-bond acceptors (Lipinski definition) is 4. The van der Waals surface area contributed by atoms with E-state index in [1.165, 1.54) is 4.31 Å². The second-order valence-corrected chi connectivity index (χ2v) is 7.22. The van der Waals surface area contributed by atoms with Crippen LogP contribution in [0.15, 0.2) is 0 Å². The Balaban J connectivity index is 2.61. The fourth-order valence-corrected chi connectivity index (χ4v) is 3.74. The largest absolute Gasteiger partial charge is 0.380 e. The van der Waals surface area contributed by atoms with Crippen molar-refractivity contribution in [2.24, 2.45) is 5.92 Å². The van der Waals surface area contributed by atoms with E-state index in [1.54, 1.807) is 18.5 Å². The molecule has 0 aromatic heterocycles. The molecular formula is C12H27N3O3S. The monoisotopic (exact) mass is 293 g/mol. The molecule has 1 rings (SSSR count). The number of piperidine rings is 1. The van der Waals surface area contributed by atoms with E-state index in [2.05, 4.69) is 12.2 Å². The van der Waals surface area contributed by atoms with Gasteiger partial charge in [0.25, 0.3) is 10.2 Å². The van der Waals surface area contributed by atoms with E-state index in [0.717, 1.165) is 19.4 Å². The topological polar surface area (TPSA) is 61.9 Å². The van der Waals surface area contributed by atoms with Gasteiger partial charge in [-0.3, -0.25) is 0 Å². The summed E-state index contributed by atoms with van der Waals surface area (Å²) >= 11 is 0. The third kappa shape index (κ3) is 4.39. The Kier molecular flexibility index (Phi) is 6.68. The van der Waals surface area contributed by atoms with E-state index >= 15 is 0 Å². The number of methoxy groups -OCH3 is 1. The minimum Gasteiger partial charge on any atom is -0.380 e. The molecule has 1 heterocycles. The zero-order chi connectivity index (χ0) is 14.5. The summed E-state index contributed by atoms with van der Waals surface area (Å²) in [6.45, 7) is 4.50. The first kappa shape index (κ1) is 16.8. The molecule has 0 saturated carbocycles. The van der Waals surface area contributed by atoms with Crippen molar-refractivity contribution in [3.63, 3.8) is 0 Å². The van der Waals surface area contributed by atoms with Crippen molar-refractivity contribution in [2.75, 3.05) is 47.4 Å². The summed E-state index contributed by atoms with van der Waals surface area (Å²) in [5.41, 5.74) is 0. The number of ether oxygens (including phenoxy) is 1. The molecule has 114 valence electrons. The van der Waals surface area contributed by atoms with Crippen molar-refractivity contribution in [3.8, 4) is 0 Å². The Morgan fingerprint density at radius 1 is 1.47 bits per heavy atom. The van der Waals surface area contributed by atoms with Crippen LogP contribution in [0.1, 0.15) is 19.8 Å². The lowest BCUT2D eigenvalue weighted by atomic mass is 9.97. The molecule has 1 fully saturated rings. The van der Waals surface area contributed by atoms with Crippen LogP contribution in [0.25, 0.3) is 0 Å².